The van der Waals surface area contributed by atoms with Crippen LogP contribution >= 0.6 is 0 Å². The Morgan fingerprint density at radius 2 is 1.72 bits per heavy atom. The highest BCUT2D eigenvalue weighted by atomic mass is 16.6. The van der Waals surface area contributed by atoms with Crippen LogP contribution in [-0.2, 0) is 9.59 Å². The third-order valence-electron chi connectivity index (χ3n) is 3.30. The smallest absolute Gasteiger partial charge is 0.314 e. The van der Waals surface area contributed by atoms with E-state index in [1.807, 2.05) is 6.92 Å². The molecule has 0 saturated carbocycles. The zero-order valence-electron chi connectivity index (χ0n) is 13.5. The Kier molecular flexibility index (Phi) is 5.18. The maximum absolute atomic E-state index is 12.1. The fraction of sp³-hybridized carbons (Fsp3) is 0.125. The quantitative estimate of drug-likeness (QED) is 0.336. The SMILES string of the molecule is COc1ccc([N+](=O)[O-])cc1NC(=O)C(=O)Nc1ccc(C)cc1N. The number of hydrogen-bond donors (Lipinski definition) is 3. The number of nitrogens with two attached hydrogens (primary N) is 1. The lowest BCUT2D eigenvalue weighted by atomic mass is 10.2. The van der Waals surface area contributed by atoms with Crippen molar-refractivity contribution >= 4 is 34.6 Å². The minimum absolute atomic E-state index is 0.00808. The van der Waals surface area contributed by atoms with Crippen molar-refractivity contribution in [3.63, 3.8) is 0 Å². The van der Waals surface area contributed by atoms with Crippen LogP contribution in [0.25, 0.3) is 0 Å². The zero-order valence-corrected chi connectivity index (χ0v) is 13.5. The fourth-order valence-electron chi connectivity index (χ4n) is 2.06. The molecule has 2 rings (SSSR count). The molecular formula is C16H16N4O5. The molecule has 0 unspecified atom stereocenters. The molecule has 0 aliphatic carbocycles. The number of nitro benzene ring substituents is 1. The Morgan fingerprint density at radius 1 is 1.08 bits per heavy atom. The predicted octanol–water partition coefficient (Wildman–Crippen LogP) is 2.07. The number of hydrogen-bond acceptors (Lipinski definition) is 6. The van der Waals surface area contributed by atoms with Crippen LogP contribution in [0.3, 0.4) is 0 Å². The number of anilines is 3. The van der Waals surface area contributed by atoms with Gasteiger partial charge in [0.1, 0.15) is 5.75 Å². The zero-order chi connectivity index (χ0) is 18.6. The van der Waals surface area contributed by atoms with E-state index in [2.05, 4.69) is 10.6 Å². The molecule has 2 aromatic carbocycles. The van der Waals surface area contributed by atoms with E-state index in [4.69, 9.17) is 10.5 Å². The second-order valence-electron chi connectivity index (χ2n) is 5.14. The summed E-state index contributed by atoms with van der Waals surface area (Å²) < 4.78 is 5.02. The summed E-state index contributed by atoms with van der Waals surface area (Å²) in [5.74, 6) is -1.80. The summed E-state index contributed by atoms with van der Waals surface area (Å²) >= 11 is 0. The van der Waals surface area contributed by atoms with Gasteiger partial charge in [-0.1, -0.05) is 6.07 Å². The average Bonchev–Trinajstić information content (AvgIpc) is 2.57. The van der Waals surface area contributed by atoms with Gasteiger partial charge in [-0.3, -0.25) is 19.7 Å². The summed E-state index contributed by atoms with van der Waals surface area (Å²) in [5.41, 5.74) is 7.04. The first-order chi connectivity index (χ1) is 11.8. The van der Waals surface area contributed by atoms with Gasteiger partial charge in [-0.05, 0) is 30.7 Å². The first kappa shape index (κ1) is 17.7. The molecular weight excluding hydrogens is 328 g/mol. The molecule has 0 heterocycles. The third kappa shape index (κ3) is 4.22. The molecule has 2 amide bonds. The van der Waals surface area contributed by atoms with Crippen molar-refractivity contribution in [1.29, 1.82) is 0 Å². The van der Waals surface area contributed by atoms with Crippen LogP contribution in [0.5, 0.6) is 5.75 Å². The van der Waals surface area contributed by atoms with Gasteiger partial charge in [-0.2, -0.15) is 0 Å². The van der Waals surface area contributed by atoms with Gasteiger partial charge in [0.25, 0.3) is 5.69 Å². The van der Waals surface area contributed by atoms with Crippen molar-refractivity contribution in [3.8, 4) is 5.75 Å². The van der Waals surface area contributed by atoms with Crippen molar-refractivity contribution in [2.45, 2.75) is 6.92 Å². The van der Waals surface area contributed by atoms with Crippen molar-refractivity contribution in [3.05, 3.63) is 52.1 Å². The van der Waals surface area contributed by atoms with E-state index in [-0.39, 0.29) is 22.8 Å². The number of amides is 2. The number of benzene rings is 2. The Morgan fingerprint density at radius 3 is 2.28 bits per heavy atom. The number of methoxy groups -OCH3 is 1. The third-order valence-corrected chi connectivity index (χ3v) is 3.30. The number of nitrogens with zero attached hydrogens (tertiary/aromatic N) is 1. The predicted molar refractivity (Wildman–Crippen MR) is 92.5 cm³/mol. The van der Waals surface area contributed by atoms with Crippen molar-refractivity contribution < 1.29 is 19.2 Å². The number of carbonyl (C=O) groups is 2. The lowest BCUT2D eigenvalue weighted by molar-refractivity contribution is -0.384. The molecule has 0 aliphatic rings. The first-order valence-electron chi connectivity index (χ1n) is 7.12. The molecule has 4 N–H and O–H groups in total. The summed E-state index contributed by atoms with van der Waals surface area (Å²) in [6.45, 7) is 1.84. The highest BCUT2D eigenvalue weighted by Crippen LogP contribution is 2.29. The van der Waals surface area contributed by atoms with Gasteiger partial charge in [0.2, 0.25) is 0 Å². The largest absolute Gasteiger partial charge is 0.495 e. The van der Waals surface area contributed by atoms with E-state index >= 15 is 0 Å². The van der Waals surface area contributed by atoms with Gasteiger partial charge in [0.15, 0.2) is 0 Å². The van der Waals surface area contributed by atoms with Crippen LogP contribution in [-0.4, -0.2) is 23.8 Å². The number of non-ortho nitro benzene ring substituents is 1. The van der Waals surface area contributed by atoms with E-state index in [1.54, 1.807) is 18.2 Å². The number of nitrogen functional groups attached to an aromatic ring is 1. The Bertz CT molecular complexity index is 850. The summed E-state index contributed by atoms with van der Waals surface area (Å²) in [7, 11) is 1.34. The summed E-state index contributed by atoms with van der Waals surface area (Å²) in [5, 5.41) is 15.5. The average molecular weight is 344 g/mol. The second kappa shape index (κ2) is 7.30. The molecule has 25 heavy (non-hydrogen) atoms. The molecule has 0 bridgehead atoms. The van der Waals surface area contributed by atoms with Gasteiger partial charge in [0.05, 0.1) is 29.1 Å². The number of nitro groups is 1. The van der Waals surface area contributed by atoms with E-state index in [0.717, 1.165) is 11.6 Å². The Labute approximate surface area is 142 Å². The van der Waals surface area contributed by atoms with Crippen LogP contribution in [0.2, 0.25) is 0 Å². The number of nitrogens with one attached hydrogen (secondary N) is 2. The molecule has 2 aromatic rings. The maximum Gasteiger partial charge on any atom is 0.314 e. The van der Waals surface area contributed by atoms with E-state index in [1.165, 1.54) is 19.2 Å². The highest BCUT2D eigenvalue weighted by molar-refractivity contribution is 6.44. The lowest BCUT2D eigenvalue weighted by Crippen LogP contribution is -2.29. The summed E-state index contributed by atoms with van der Waals surface area (Å²) in [4.78, 5) is 34.3. The molecule has 0 fully saturated rings. The van der Waals surface area contributed by atoms with Crippen LogP contribution in [0.1, 0.15) is 5.56 Å². The molecule has 0 aliphatic heterocycles. The van der Waals surface area contributed by atoms with Gasteiger partial charge in [0, 0.05) is 12.1 Å². The van der Waals surface area contributed by atoms with Crippen molar-refractivity contribution in [2.75, 3.05) is 23.5 Å². The number of rotatable bonds is 4. The summed E-state index contributed by atoms with van der Waals surface area (Å²) in [6, 6.07) is 8.60. The van der Waals surface area contributed by atoms with Crippen LogP contribution in [0.15, 0.2) is 36.4 Å². The first-order valence-corrected chi connectivity index (χ1v) is 7.12. The molecule has 0 radical (unpaired) electrons. The van der Waals surface area contributed by atoms with Crippen molar-refractivity contribution in [1.82, 2.24) is 0 Å². The normalized spacial score (nSPS) is 10.0. The van der Waals surface area contributed by atoms with Crippen molar-refractivity contribution in [2.24, 2.45) is 0 Å². The van der Waals surface area contributed by atoms with E-state index in [0.29, 0.717) is 5.69 Å². The second-order valence-corrected chi connectivity index (χ2v) is 5.14. The summed E-state index contributed by atoms with van der Waals surface area (Å²) in [6.07, 6.45) is 0. The van der Waals surface area contributed by atoms with E-state index < -0.39 is 16.7 Å². The highest BCUT2D eigenvalue weighted by Gasteiger charge is 2.19. The lowest BCUT2D eigenvalue weighted by Gasteiger charge is -2.11. The van der Waals surface area contributed by atoms with Crippen LogP contribution in [0, 0.1) is 17.0 Å². The molecule has 9 heteroatoms. The van der Waals surface area contributed by atoms with Gasteiger partial charge < -0.3 is 21.1 Å². The Hall–Kier alpha value is -3.62. The monoisotopic (exact) mass is 344 g/mol. The minimum Gasteiger partial charge on any atom is -0.495 e. The molecule has 0 atom stereocenters. The molecule has 130 valence electrons. The van der Waals surface area contributed by atoms with Gasteiger partial charge >= 0.3 is 11.8 Å². The van der Waals surface area contributed by atoms with Gasteiger partial charge in [-0.25, -0.2) is 0 Å². The van der Waals surface area contributed by atoms with Gasteiger partial charge in [-0.15, -0.1) is 0 Å². The molecule has 9 nitrogen and oxygen atoms in total. The fourth-order valence-corrected chi connectivity index (χ4v) is 2.06. The Balaban J connectivity index is 2.17. The molecule has 0 spiro atoms. The van der Waals surface area contributed by atoms with E-state index in [9.17, 15) is 19.7 Å². The minimum atomic E-state index is -1.02. The number of ether oxygens (including phenoxy) is 1. The number of carbonyl (C=O) groups excluding carboxylic acids is 2. The molecule has 0 saturated heterocycles. The van der Waals surface area contributed by atoms with Crippen LogP contribution in [0.4, 0.5) is 22.7 Å². The number of aryl methyl sites for hydroxylation is 1. The maximum atomic E-state index is 12.1. The topological polar surface area (TPSA) is 137 Å². The standard InChI is InChI=1S/C16H16N4O5/c1-9-3-5-12(11(17)7-9)18-15(21)16(22)19-13-8-10(20(23)24)4-6-14(13)25-2/h3-8H,17H2,1-2H3,(H,18,21)(H,19,22). The molecule has 0 aromatic heterocycles. The van der Waals surface area contributed by atoms with Crippen LogP contribution < -0.4 is 21.1 Å².